The Morgan fingerprint density at radius 3 is 2.40 bits per heavy atom. The van der Waals surface area contributed by atoms with Crippen molar-refractivity contribution in [2.75, 3.05) is 6.54 Å². The summed E-state index contributed by atoms with van der Waals surface area (Å²) in [7, 11) is 0. The van der Waals surface area contributed by atoms with E-state index in [2.05, 4.69) is 24.3 Å². The fourth-order valence-electron chi connectivity index (χ4n) is 2.25. The first-order valence-corrected chi connectivity index (χ1v) is 5.97. The van der Waals surface area contributed by atoms with E-state index in [0.29, 0.717) is 11.9 Å². The van der Waals surface area contributed by atoms with Crippen LogP contribution in [0, 0.1) is 0 Å². The number of carbonyl (C=O) groups excluding carboxylic acids is 1. The van der Waals surface area contributed by atoms with Crippen LogP contribution in [0.3, 0.4) is 0 Å². The van der Waals surface area contributed by atoms with Crippen LogP contribution in [0.4, 0.5) is 0 Å². The van der Waals surface area contributed by atoms with Crippen molar-refractivity contribution in [3.8, 4) is 0 Å². The van der Waals surface area contributed by atoms with Gasteiger partial charge in [0.05, 0.1) is 0 Å². The molecule has 1 atom stereocenters. The number of rotatable bonds is 0. The molecule has 1 fully saturated rings. The topological polar surface area (TPSA) is 20.3 Å². The van der Waals surface area contributed by atoms with E-state index in [1.165, 1.54) is 0 Å². The lowest BCUT2D eigenvalue weighted by Crippen LogP contribution is -2.52. The first-order chi connectivity index (χ1) is 7.38. The van der Waals surface area contributed by atoms with Crippen LogP contribution in [-0.4, -0.2) is 23.4 Å². The molecule has 0 radical (unpaired) electrons. The minimum absolute atomic E-state index is 0.342. The fraction of sp³-hybridized carbons (Fsp3) is 0.615. The summed E-state index contributed by atoms with van der Waals surface area (Å²) in [5.41, 5.74) is 0. The fourth-order valence-corrected chi connectivity index (χ4v) is 2.25. The average molecular weight is 205 g/mol. The normalized spacial score (nSPS) is 31.9. The second-order valence-electron chi connectivity index (χ2n) is 4.33. The maximum absolute atomic E-state index is 11.4. The van der Waals surface area contributed by atoms with Crippen molar-refractivity contribution >= 4 is 5.91 Å². The number of allylic oxidation sites excluding steroid dienone is 3. The van der Waals surface area contributed by atoms with E-state index < -0.39 is 0 Å². The molecule has 2 rings (SSSR count). The maximum atomic E-state index is 11.4. The third kappa shape index (κ3) is 2.71. The Morgan fingerprint density at radius 2 is 1.67 bits per heavy atom. The summed E-state index contributed by atoms with van der Waals surface area (Å²) in [6.07, 6.45) is 15.3. The van der Waals surface area contributed by atoms with E-state index >= 15 is 0 Å². The summed E-state index contributed by atoms with van der Waals surface area (Å²) in [4.78, 5) is 13.4. The molecule has 2 heteroatoms. The molecule has 0 spiro atoms. The summed E-state index contributed by atoms with van der Waals surface area (Å²) in [5.74, 6) is 0.342. The van der Waals surface area contributed by atoms with Gasteiger partial charge in [-0.15, -0.1) is 0 Å². The lowest BCUT2D eigenvalue weighted by molar-refractivity contribution is -0.146. The van der Waals surface area contributed by atoms with Gasteiger partial charge in [-0.3, -0.25) is 4.79 Å². The Balaban J connectivity index is 1.90. The van der Waals surface area contributed by atoms with Crippen LogP contribution in [0.2, 0.25) is 0 Å². The minimum Gasteiger partial charge on any atom is -0.339 e. The van der Waals surface area contributed by atoms with Crippen molar-refractivity contribution in [3.63, 3.8) is 0 Å². The number of nitrogens with zero attached hydrogens (tertiary/aromatic N) is 1. The first kappa shape index (κ1) is 10.5. The molecule has 0 aromatic heterocycles. The molecule has 82 valence electrons. The van der Waals surface area contributed by atoms with E-state index in [9.17, 15) is 4.79 Å². The first-order valence-electron chi connectivity index (χ1n) is 5.97. The van der Waals surface area contributed by atoms with Gasteiger partial charge in [0.15, 0.2) is 0 Å². The molecule has 0 aromatic carbocycles. The molecule has 0 aliphatic carbocycles. The third-order valence-corrected chi connectivity index (χ3v) is 3.21. The summed E-state index contributed by atoms with van der Waals surface area (Å²) in [6, 6.07) is 0.523. The number of fused-ring (bicyclic) bond motifs is 1. The Morgan fingerprint density at radius 1 is 1.00 bits per heavy atom. The number of hydrogen-bond donors (Lipinski definition) is 0. The molecule has 0 bridgehead atoms. The highest BCUT2D eigenvalue weighted by atomic mass is 16.2. The summed E-state index contributed by atoms with van der Waals surface area (Å²) in [5, 5.41) is 0. The van der Waals surface area contributed by atoms with Gasteiger partial charge in [0, 0.05) is 19.0 Å². The molecule has 0 aromatic rings. The predicted octanol–water partition coefficient (Wildman–Crippen LogP) is 2.66. The lowest BCUT2D eigenvalue weighted by atomic mass is 9.96. The molecular formula is C13H19NO. The molecule has 1 amide bonds. The largest absolute Gasteiger partial charge is 0.339 e. The monoisotopic (exact) mass is 205 g/mol. The van der Waals surface area contributed by atoms with Crippen LogP contribution in [0.1, 0.15) is 38.5 Å². The quantitative estimate of drug-likeness (QED) is 0.440. The highest BCUT2D eigenvalue weighted by Crippen LogP contribution is 2.24. The Hall–Kier alpha value is -1.05. The van der Waals surface area contributed by atoms with Crippen molar-refractivity contribution in [2.24, 2.45) is 0 Å². The molecule has 1 saturated heterocycles. The number of β-lactam (4-membered cyclic amide) rings is 1. The summed E-state index contributed by atoms with van der Waals surface area (Å²) >= 11 is 0. The smallest absolute Gasteiger partial charge is 0.224 e. The average Bonchev–Trinajstić information content (AvgIpc) is 2.22. The molecule has 1 unspecified atom stereocenters. The second-order valence-corrected chi connectivity index (χ2v) is 4.33. The van der Waals surface area contributed by atoms with Crippen LogP contribution < -0.4 is 0 Å². The van der Waals surface area contributed by atoms with Crippen LogP contribution in [0.15, 0.2) is 24.3 Å². The van der Waals surface area contributed by atoms with Crippen LogP contribution in [0.25, 0.3) is 0 Å². The number of hydrogen-bond acceptors (Lipinski definition) is 1. The molecule has 2 aliphatic rings. The van der Waals surface area contributed by atoms with E-state index in [1.54, 1.807) is 0 Å². The van der Waals surface area contributed by atoms with Gasteiger partial charge in [0.25, 0.3) is 0 Å². The van der Waals surface area contributed by atoms with Gasteiger partial charge in [-0.2, -0.15) is 0 Å². The number of carbonyl (C=O) groups is 1. The number of amides is 1. The highest BCUT2D eigenvalue weighted by molar-refractivity contribution is 5.83. The van der Waals surface area contributed by atoms with E-state index in [0.717, 1.165) is 45.1 Å². The van der Waals surface area contributed by atoms with Crippen molar-refractivity contribution in [1.29, 1.82) is 0 Å². The van der Waals surface area contributed by atoms with Gasteiger partial charge < -0.3 is 4.90 Å². The van der Waals surface area contributed by atoms with Crippen molar-refractivity contribution in [3.05, 3.63) is 24.3 Å². The van der Waals surface area contributed by atoms with E-state index in [4.69, 9.17) is 0 Å². The third-order valence-electron chi connectivity index (χ3n) is 3.21. The maximum Gasteiger partial charge on any atom is 0.224 e. The predicted molar refractivity (Wildman–Crippen MR) is 61.5 cm³/mol. The van der Waals surface area contributed by atoms with Crippen molar-refractivity contribution in [2.45, 2.75) is 44.6 Å². The van der Waals surface area contributed by atoms with Crippen LogP contribution >= 0.6 is 0 Å². The second kappa shape index (κ2) is 5.15. The standard InChI is InChI=1S/C13H19NO/c15-13-11-12-9-7-5-3-1-2-4-6-8-10-14(12)13/h3-6,12H,1-2,7-11H2/b5-3-,6-4-. The molecule has 0 saturated carbocycles. The zero-order chi connectivity index (χ0) is 10.5. The summed E-state index contributed by atoms with van der Waals surface area (Å²) in [6.45, 7) is 0.920. The van der Waals surface area contributed by atoms with Gasteiger partial charge in [-0.25, -0.2) is 0 Å². The van der Waals surface area contributed by atoms with Gasteiger partial charge in [-0.1, -0.05) is 24.3 Å². The van der Waals surface area contributed by atoms with E-state index in [1.807, 2.05) is 4.90 Å². The lowest BCUT2D eigenvalue weighted by Gasteiger charge is -2.40. The molecule has 2 nitrogen and oxygen atoms in total. The van der Waals surface area contributed by atoms with Crippen LogP contribution in [-0.2, 0) is 4.79 Å². The van der Waals surface area contributed by atoms with Crippen LogP contribution in [0.5, 0.6) is 0 Å². The molecular weight excluding hydrogens is 186 g/mol. The van der Waals surface area contributed by atoms with Gasteiger partial charge in [0.2, 0.25) is 5.91 Å². The Bertz CT molecular complexity index is 280. The molecule has 0 N–H and O–H groups in total. The molecule has 2 heterocycles. The molecule has 2 aliphatic heterocycles. The molecule has 15 heavy (non-hydrogen) atoms. The minimum atomic E-state index is 0.342. The Labute approximate surface area is 91.6 Å². The van der Waals surface area contributed by atoms with Crippen molar-refractivity contribution < 1.29 is 4.79 Å². The Kier molecular flexibility index (Phi) is 3.59. The zero-order valence-electron chi connectivity index (χ0n) is 9.19. The van der Waals surface area contributed by atoms with Gasteiger partial charge >= 0.3 is 0 Å². The SMILES string of the molecule is O=C1CC2CC/C=C\CC/C=C\CCN12. The van der Waals surface area contributed by atoms with Crippen molar-refractivity contribution in [1.82, 2.24) is 4.90 Å². The highest BCUT2D eigenvalue weighted by Gasteiger charge is 2.34. The zero-order valence-corrected chi connectivity index (χ0v) is 9.19. The van der Waals surface area contributed by atoms with Gasteiger partial charge in [-0.05, 0) is 32.1 Å². The van der Waals surface area contributed by atoms with E-state index in [-0.39, 0.29) is 0 Å². The van der Waals surface area contributed by atoms with Gasteiger partial charge in [0.1, 0.15) is 0 Å². The summed E-state index contributed by atoms with van der Waals surface area (Å²) < 4.78 is 0.